The molecule has 0 aliphatic carbocycles. The number of nitrogens with zero attached hydrogens (tertiary/aromatic N) is 1. The Balaban J connectivity index is -0.000000748. The molecule has 0 bridgehead atoms. The van der Waals surface area contributed by atoms with Gasteiger partial charge in [-0.2, -0.15) is 8.42 Å². The van der Waals surface area contributed by atoms with E-state index in [9.17, 15) is 5.21 Å². The lowest BCUT2D eigenvalue weighted by Crippen LogP contribution is -2.32. The summed E-state index contributed by atoms with van der Waals surface area (Å²) in [6.07, 6.45) is 41.5. The van der Waals surface area contributed by atoms with Crippen molar-refractivity contribution in [1.29, 1.82) is 0 Å². The first-order chi connectivity index (χ1) is 22.0. The smallest absolute Gasteiger partial charge is 0.394 e. The highest BCUT2D eigenvalue weighted by Crippen LogP contribution is 2.13. The Bertz CT molecular complexity index is 610. The molecule has 0 fully saturated rings. The van der Waals surface area contributed by atoms with Crippen LogP contribution in [0.5, 0.6) is 0 Å². The van der Waals surface area contributed by atoms with E-state index in [4.69, 9.17) is 22.3 Å². The molecule has 2 N–H and O–H groups in total. The number of hydrogen-bond donors (Lipinski definition) is 2. The maximum atomic E-state index is 11.3. The molecule has 0 spiro atoms. The lowest BCUT2D eigenvalue weighted by molar-refractivity contribution is -0.840. The maximum absolute atomic E-state index is 11.3. The molecule has 0 rings (SSSR count). The minimum atomic E-state index is -4.67. The fourth-order valence-electron chi connectivity index (χ4n) is 5.47. The summed E-state index contributed by atoms with van der Waals surface area (Å²) in [6, 6.07) is 0. The summed E-state index contributed by atoms with van der Waals surface area (Å²) in [4.78, 5) is 0. The Morgan fingerprint density at radius 3 is 0.848 bits per heavy atom. The molecule has 0 radical (unpaired) electrons. The average Bonchev–Trinajstić information content (AvgIpc) is 2.98. The third kappa shape index (κ3) is 66.2. The number of hydrogen-bond acceptors (Lipinski definition) is 4. The zero-order chi connectivity index (χ0) is 35.0. The Morgan fingerprint density at radius 2 is 0.630 bits per heavy atom. The second-order valence-electron chi connectivity index (χ2n) is 13.9. The summed E-state index contributed by atoms with van der Waals surface area (Å²) < 4.78 is 37.2. The van der Waals surface area contributed by atoms with Gasteiger partial charge in [-0.25, -0.2) is 0 Å². The van der Waals surface area contributed by atoms with Crippen molar-refractivity contribution in [3.8, 4) is 0 Å². The molecular formula is C38H83NO6S. The molecular weight excluding hydrogens is 598 g/mol. The van der Waals surface area contributed by atoms with Gasteiger partial charge in [-0.3, -0.25) is 9.11 Å². The summed E-state index contributed by atoms with van der Waals surface area (Å²) in [7, 11) is -1.21. The fourth-order valence-corrected chi connectivity index (χ4v) is 5.47. The molecule has 0 aromatic rings. The van der Waals surface area contributed by atoms with Crippen LogP contribution in [0.25, 0.3) is 0 Å². The van der Waals surface area contributed by atoms with Crippen LogP contribution in [0.1, 0.15) is 213 Å². The monoisotopic (exact) mass is 682 g/mol. The zero-order valence-corrected chi connectivity index (χ0v) is 32.5. The van der Waals surface area contributed by atoms with Crippen molar-refractivity contribution in [2.45, 2.75) is 213 Å². The van der Waals surface area contributed by atoms with Gasteiger partial charge in [0.25, 0.3) is 0 Å². The van der Waals surface area contributed by atoms with E-state index in [1.54, 1.807) is 14.1 Å². The summed E-state index contributed by atoms with van der Waals surface area (Å²) in [5.74, 6) is 0. The Morgan fingerprint density at radius 1 is 0.435 bits per heavy atom. The molecule has 0 atom stereocenters. The van der Waals surface area contributed by atoms with Gasteiger partial charge in [0.2, 0.25) is 0 Å². The highest BCUT2D eigenvalue weighted by Gasteiger charge is 2.00. The van der Waals surface area contributed by atoms with Crippen molar-refractivity contribution in [3.05, 3.63) is 5.21 Å². The van der Waals surface area contributed by atoms with E-state index in [0.29, 0.717) is 0 Å². The van der Waals surface area contributed by atoms with Crippen molar-refractivity contribution in [2.75, 3.05) is 33.9 Å². The lowest BCUT2D eigenvalue weighted by Gasteiger charge is -2.33. The van der Waals surface area contributed by atoms with Crippen LogP contribution in [-0.2, 0) is 15.1 Å². The SMILES string of the molecule is CCCCCCCCCCCCOCCCCCCCCCCCC.CCCCCCCCCCCC[N+](C)(C)[O-].O=S(=O)(O)O. The van der Waals surface area contributed by atoms with E-state index < -0.39 is 10.4 Å². The summed E-state index contributed by atoms with van der Waals surface area (Å²) in [5.41, 5.74) is 0. The van der Waals surface area contributed by atoms with Gasteiger partial charge in [-0.15, -0.1) is 0 Å². The lowest BCUT2D eigenvalue weighted by atomic mass is 10.1. The molecule has 7 nitrogen and oxygen atoms in total. The molecule has 0 saturated carbocycles. The number of hydroxylamine groups is 3. The van der Waals surface area contributed by atoms with Gasteiger partial charge >= 0.3 is 10.4 Å². The minimum absolute atomic E-state index is 0.128. The van der Waals surface area contributed by atoms with Gasteiger partial charge in [0.1, 0.15) is 0 Å². The summed E-state index contributed by atoms with van der Waals surface area (Å²) in [6.45, 7) is 9.60. The zero-order valence-electron chi connectivity index (χ0n) is 31.7. The molecule has 0 unspecified atom stereocenters. The molecule has 46 heavy (non-hydrogen) atoms. The van der Waals surface area contributed by atoms with Gasteiger partial charge in [0.05, 0.1) is 20.6 Å². The molecule has 0 aromatic carbocycles. The molecule has 8 heteroatoms. The van der Waals surface area contributed by atoms with Crippen LogP contribution in [0, 0.1) is 5.21 Å². The summed E-state index contributed by atoms with van der Waals surface area (Å²) >= 11 is 0. The van der Waals surface area contributed by atoms with Crippen LogP contribution in [-0.4, -0.2) is 56.0 Å². The normalized spacial score (nSPS) is 11.6. The van der Waals surface area contributed by atoms with Crippen LogP contribution in [0.4, 0.5) is 0 Å². The standard InChI is InChI=1S/C24H50O.C14H31NO.H2O4S/c1-3-5-7-9-11-13-15-17-19-21-23-25-24-22-20-18-16-14-12-10-8-6-4-2;1-4-5-6-7-8-9-10-11-12-13-14-15(2,3)16;1-5(2,3)4/h3-24H2,1-2H3;4-14H2,1-3H3;(H2,1,2,3,4). The van der Waals surface area contributed by atoms with E-state index in [1.165, 1.54) is 186 Å². The first-order valence-corrected chi connectivity index (χ1v) is 21.2. The van der Waals surface area contributed by atoms with Crippen LogP contribution in [0.3, 0.4) is 0 Å². The highest BCUT2D eigenvalue weighted by molar-refractivity contribution is 7.79. The largest absolute Gasteiger partial charge is 0.633 e. The van der Waals surface area contributed by atoms with Gasteiger partial charge in [-0.05, 0) is 25.7 Å². The molecule has 0 amide bonds. The first-order valence-electron chi connectivity index (χ1n) is 19.8. The van der Waals surface area contributed by atoms with Crippen molar-refractivity contribution in [2.24, 2.45) is 0 Å². The molecule has 0 aliphatic rings. The Hall–Kier alpha value is -0.250. The van der Waals surface area contributed by atoms with Crippen molar-refractivity contribution < 1.29 is 26.9 Å². The third-order valence-electron chi connectivity index (χ3n) is 8.33. The Labute approximate surface area is 289 Å². The van der Waals surface area contributed by atoms with Crippen molar-refractivity contribution in [3.63, 3.8) is 0 Å². The van der Waals surface area contributed by atoms with E-state index in [-0.39, 0.29) is 4.65 Å². The van der Waals surface area contributed by atoms with Crippen LogP contribution >= 0.6 is 0 Å². The Kier molecular flexibility index (Phi) is 44.6. The molecule has 282 valence electrons. The quantitative estimate of drug-likeness (QED) is 0.0309. The molecule has 0 heterocycles. The highest BCUT2D eigenvalue weighted by atomic mass is 32.3. The van der Waals surface area contributed by atoms with Gasteiger partial charge < -0.3 is 14.6 Å². The average molecular weight is 682 g/mol. The van der Waals surface area contributed by atoms with Gasteiger partial charge in [0.15, 0.2) is 0 Å². The number of rotatable bonds is 33. The maximum Gasteiger partial charge on any atom is 0.394 e. The van der Waals surface area contributed by atoms with Crippen LogP contribution in [0.15, 0.2) is 0 Å². The van der Waals surface area contributed by atoms with E-state index >= 15 is 0 Å². The van der Waals surface area contributed by atoms with Crippen molar-refractivity contribution >= 4 is 10.4 Å². The predicted octanol–water partition coefficient (Wildman–Crippen LogP) is 12.7. The van der Waals surface area contributed by atoms with Gasteiger partial charge in [0, 0.05) is 13.2 Å². The second kappa shape index (κ2) is 40.9. The predicted molar refractivity (Wildman–Crippen MR) is 201 cm³/mol. The topological polar surface area (TPSA) is 107 Å². The van der Waals surface area contributed by atoms with E-state index in [2.05, 4.69) is 20.8 Å². The summed E-state index contributed by atoms with van der Waals surface area (Å²) in [5, 5.41) is 11.3. The second-order valence-corrected chi connectivity index (χ2v) is 14.8. The van der Waals surface area contributed by atoms with Crippen LogP contribution < -0.4 is 0 Å². The van der Waals surface area contributed by atoms with Crippen molar-refractivity contribution in [1.82, 2.24) is 0 Å². The van der Waals surface area contributed by atoms with E-state index in [1.807, 2.05) is 0 Å². The molecule has 0 aromatic heterocycles. The number of ether oxygens (including phenoxy) is 1. The van der Waals surface area contributed by atoms with E-state index in [0.717, 1.165) is 26.2 Å². The molecule has 0 saturated heterocycles. The third-order valence-corrected chi connectivity index (χ3v) is 8.33. The minimum Gasteiger partial charge on any atom is -0.633 e. The first kappa shape index (κ1) is 50.1. The fraction of sp³-hybridized carbons (Fsp3) is 1.00. The number of quaternary nitrogens is 1. The molecule has 0 aliphatic heterocycles. The van der Waals surface area contributed by atoms with Gasteiger partial charge in [-0.1, -0.05) is 188 Å². The van der Waals surface area contributed by atoms with Crippen LogP contribution in [0.2, 0.25) is 0 Å². The number of unbranched alkanes of at least 4 members (excludes halogenated alkanes) is 27.